The zero-order valence-electron chi connectivity index (χ0n) is 16.8. The van der Waals surface area contributed by atoms with Crippen LogP contribution >= 0.6 is 0 Å². The Bertz CT molecular complexity index is 945. The number of hydrogen-bond acceptors (Lipinski definition) is 3. The van der Waals surface area contributed by atoms with E-state index in [1.807, 2.05) is 0 Å². The third-order valence-corrected chi connectivity index (χ3v) is 5.63. The minimum absolute atomic E-state index is 0.105. The van der Waals surface area contributed by atoms with E-state index < -0.39 is 34.1 Å². The molecule has 0 aromatic heterocycles. The molecule has 0 aliphatic heterocycles. The van der Waals surface area contributed by atoms with Crippen LogP contribution in [0, 0.1) is 11.6 Å². The topological polar surface area (TPSA) is 66.5 Å². The Hall–Kier alpha value is -2.48. The van der Waals surface area contributed by atoms with Crippen LogP contribution in [0.5, 0.6) is 0 Å². The van der Waals surface area contributed by atoms with Crippen LogP contribution in [0.1, 0.15) is 37.3 Å². The molecule has 0 fully saturated rings. The SMILES string of the molecule is CC(C)c1ccc(CCCNC(=O)CN(c2ccc(F)c(F)c2)S(C)(=O)=O)cc1. The van der Waals surface area contributed by atoms with Gasteiger partial charge in [0, 0.05) is 12.6 Å². The van der Waals surface area contributed by atoms with Crippen LogP contribution in [0.15, 0.2) is 42.5 Å². The van der Waals surface area contributed by atoms with Gasteiger partial charge in [0.2, 0.25) is 15.9 Å². The van der Waals surface area contributed by atoms with Crippen molar-refractivity contribution < 1.29 is 22.0 Å². The number of aryl methyl sites for hydroxylation is 1. The van der Waals surface area contributed by atoms with Crippen LogP contribution in [-0.4, -0.2) is 33.7 Å². The number of amides is 1. The summed E-state index contributed by atoms with van der Waals surface area (Å²) in [4.78, 5) is 12.2. The number of halogens is 2. The standard InChI is InChI=1S/C21H26F2N2O3S/c1-15(2)17-8-6-16(7-9-17)5-4-12-24-21(26)14-25(29(3,27)28)18-10-11-19(22)20(23)13-18/h6-11,13,15H,4-5,12,14H2,1-3H3,(H,24,26). The molecule has 0 radical (unpaired) electrons. The van der Waals surface area contributed by atoms with Crippen LogP contribution < -0.4 is 9.62 Å². The summed E-state index contributed by atoms with van der Waals surface area (Å²) in [5.41, 5.74) is 2.31. The Morgan fingerprint density at radius 1 is 1.07 bits per heavy atom. The van der Waals surface area contributed by atoms with Gasteiger partial charge in [-0.2, -0.15) is 0 Å². The Balaban J connectivity index is 1.89. The molecular formula is C21H26F2N2O3S. The van der Waals surface area contributed by atoms with E-state index in [1.165, 1.54) is 5.56 Å². The lowest BCUT2D eigenvalue weighted by Gasteiger charge is -2.22. The lowest BCUT2D eigenvalue weighted by molar-refractivity contribution is -0.119. The van der Waals surface area contributed by atoms with Crippen LogP contribution in [0.3, 0.4) is 0 Å². The van der Waals surface area contributed by atoms with Crippen molar-refractivity contribution in [2.45, 2.75) is 32.6 Å². The molecule has 1 N–H and O–H groups in total. The van der Waals surface area contributed by atoms with Gasteiger partial charge in [-0.25, -0.2) is 17.2 Å². The van der Waals surface area contributed by atoms with Gasteiger partial charge in [-0.15, -0.1) is 0 Å². The molecule has 0 unspecified atom stereocenters. The Morgan fingerprint density at radius 3 is 2.28 bits per heavy atom. The number of hydrogen-bond donors (Lipinski definition) is 1. The molecule has 0 spiro atoms. The normalized spacial score (nSPS) is 11.5. The summed E-state index contributed by atoms with van der Waals surface area (Å²) in [5, 5.41) is 2.67. The van der Waals surface area contributed by atoms with Crippen molar-refractivity contribution in [1.29, 1.82) is 0 Å². The first-order chi connectivity index (χ1) is 13.6. The highest BCUT2D eigenvalue weighted by molar-refractivity contribution is 7.92. The largest absolute Gasteiger partial charge is 0.355 e. The van der Waals surface area contributed by atoms with Gasteiger partial charge < -0.3 is 5.32 Å². The molecule has 158 valence electrons. The van der Waals surface area contributed by atoms with Gasteiger partial charge in [0.05, 0.1) is 11.9 Å². The number of carbonyl (C=O) groups is 1. The lowest BCUT2D eigenvalue weighted by atomic mass is 10.0. The Kier molecular flexibility index (Phi) is 7.73. The Labute approximate surface area is 170 Å². The van der Waals surface area contributed by atoms with Crippen molar-refractivity contribution in [2.24, 2.45) is 0 Å². The molecule has 5 nitrogen and oxygen atoms in total. The molecular weight excluding hydrogens is 398 g/mol. The predicted octanol–water partition coefficient (Wildman–Crippen LogP) is 3.60. The molecule has 2 aromatic carbocycles. The summed E-state index contributed by atoms with van der Waals surface area (Å²) >= 11 is 0. The average molecular weight is 425 g/mol. The molecule has 0 aliphatic carbocycles. The number of nitrogens with one attached hydrogen (secondary N) is 1. The van der Waals surface area contributed by atoms with E-state index in [0.717, 1.165) is 40.7 Å². The van der Waals surface area contributed by atoms with E-state index in [0.29, 0.717) is 18.9 Å². The zero-order valence-corrected chi connectivity index (χ0v) is 17.6. The maximum absolute atomic E-state index is 13.4. The fourth-order valence-electron chi connectivity index (χ4n) is 2.82. The molecule has 2 rings (SSSR count). The van der Waals surface area contributed by atoms with Gasteiger partial charge in [0.15, 0.2) is 11.6 Å². The molecule has 0 heterocycles. The highest BCUT2D eigenvalue weighted by Crippen LogP contribution is 2.20. The summed E-state index contributed by atoms with van der Waals surface area (Å²) in [7, 11) is -3.84. The third-order valence-electron chi connectivity index (χ3n) is 4.49. The first-order valence-electron chi connectivity index (χ1n) is 9.36. The minimum Gasteiger partial charge on any atom is -0.355 e. The zero-order chi connectivity index (χ0) is 21.6. The van der Waals surface area contributed by atoms with Crippen molar-refractivity contribution >= 4 is 21.6 Å². The van der Waals surface area contributed by atoms with E-state index in [-0.39, 0.29) is 5.69 Å². The van der Waals surface area contributed by atoms with Gasteiger partial charge in [0.1, 0.15) is 6.54 Å². The van der Waals surface area contributed by atoms with E-state index >= 15 is 0 Å². The maximum atomic E-state index is 13.4. The van der Waals surface area contributed by atoms with Crippen LogP contribution in [0.25, 0.3) is 0 Å². The van der Waals surface area contributed by atoms with E-state index in [9.17, 15) is 22.0 Å². The molecule has 0 saturated carbocycles. The summed E-state index contributed by atoms with van der Waals surface area (Å²) in [6, 6.07) is 11.0. The lowest BCUT2D eigenvalue weighted by Crippen LogP contribution is -2.40. The van der Waals surface area contributed by atoms with Gasteiger partial charge in [-0.3, -0.25) is 9.10 Å². The quantitative estimate of drug-likeness (QED) is 0.626. The average Bonchev–Trinajstić information content (AvgIpc) is 2.65. The fraction of sp³-hybridized carbons (Fsp3) is 0.381. The summed E-state index contributed by atoms with van der Waals surface area (Å²) in [5.74, 6) is -2.32. The molecule has 0 saturated heterocycles. The number of benzene rings is 2. The van der Waals surface area contributed by atoms with Crippen molar-refractivity contribution in [3.63, 3.8) is 0 Å². The number of anilines is 1. The van der Waals surface area contributed by atoms with Crippen molar-refractivity contribution in [3.05, 3.63) is 65.2 Å². The maximum Gasteiger partial charge on any atom is 0.240 e. The van der Waals surface area contributed by atoms with Crippen molar-refractivity contribution in [1.82, 2.24) is 5.32 Å². The predicted molar refractivity (Wildman–Crippen MR) is 110 cm³/mol. The number of carbonyl (C=O) groups excluding carboxylic acids is 1. The van der Waals surface area contributed by atoms with Gasteiger partial charge in [0.25, 0.3) is 0 Å². The van der Waals surface area contributed by atoms with E-state index in [1.54, 1.807) is 0 Å². The second kappa shape index (κ2) is 9.82. The van der Waals surface area contributed by atoms with Crippen LogP contribution in [-0.2, 0) is 21.2 Å². The summed E-state index contributed by atoms with van der Waals surface area (Å²) in [6.07, 6.45) is 2.37. The van der Waals surface area contributed by atoms with Gasteiger partial charge in [-0.1, -0.05) is 38.1 Å². The number of rotatable bonds is 9. The monoisotopic (exact) mass is 424 g/mol. The van der Waals surface area contributed by atoms with Crippen molar-refractivity contribution in [2.75, 3.05) is 23.7 Å². The van der Waals surface area contributed by atoms with Gasteiger partial charge >= 0.3 is 0 Å². The highest BCUT2D eigenvalue weighted by Gasteiger charge is 2.21. The third kappa shape index (κ3) is 6.81. The number of nitrogens with zero attached hydrogens (tertiary/aromatic N) is 1. The first-order valence-corrected chi connectivity index (χ1v) is 11.2. The second-order valence-electron chi connectivity index (χ2n) is 7.22. The van der Waals surface area contributed by atoms with Gasteiger partial charge in [-0.05, 0) is 42.0 Å². The fourth-order valence-corrected chi connectivity index (χ4v) is 3.66. The van der Waals surface area contributed by atoms with Crippen LogP contribution in [0.4, 0.5) is 14.5 Å². The van der Waals surface area contributed by atoms with E-state index in [2.05, 4.69) is 43.4 Å². The molecule has 8 heteroatoms. The molecule has 29 heavy (non-hydrogen) atoms. The first kappa shape index (κ1) is 22.8. The van der Waals surface area contributed by atoms with E-state index in [4.69, 9.17) is 0 Å². The highest BCUT2D eigenvalue weighted by atomic mass is 32.2. The smallest absolute Gasteiger partial charge is 0.240 e. The minimum atomic E-state index is -3.84. The molecule has 1 amide bonds. The molecule has 0 aliphatic rings. The van der Waals surface area contributed by atoms with Crippen molar-refractivity contribution in [3.8, 4) is 0 Å². The second-order valence-corrected chi connectivity index (χ2v) is 9.12. The summed E-state index contributed by atoms with van der Waals surface area (Å²) < 4.78 is 51.3. The summed E-state index contributed by atoms with van der Waals surface area (Å²) in [6.45, 7) is 4.13. The molecule has 0 bridgehead atoms. The molecule has 0 atom stereocenters. The van der Waals surface area contributed by atoms with Crippen LogP contribution in [0.2, 0.25) is 0 Å². The number of sulfonamides is 1. The molecule has 2 aromatic rings. The Morgan fingerprint density at radius 2 is 1.72 bits per heavy atom.